The van der Waals surface area contributed by atoms with Crippen LogP contribution in [0.3, 0.4) is 0 Å². The number of hydrogen-bond donors (Lipinski definition) is 1. The topological polar surface area (TPSA) is 55.9 Å². The third kappa shape index (κ3) is 2.32. The maximum atomic E-state index is 5.92. The lowest BCUT2D eigenvalue weighted by atomic mass is 10.1. The second-order valence-corrected chi connectivity index (χ2v) is 5.66. The number of pyridine rings is 1. The number of furan rings is 1. The van der Waals surface area contributed by atoms with Gasteiger partial charge in [0.25, 0.3) is 0 Å². The first-order valence-corrected chi connectivity index (χ1v) is 7.50. The lowest BCUT2D eigenvalue weighted by Crippen LogP contribution is -2.25. The van der Waals surface area contributed by atoms with Crippen LogP contribution in [0.4, 0.5) is 0 Å². The Morgan fingerprint density at radius 1 is 1.38 bits per heavy atom. The van der Waals surface area contributed by atoms with Crippen molar-refractivity contribution in [1.29, 1.82) is 0 Å². The van der Waals surface area contributed by atoms with Crippen molar-refractivity contribution in [2.75, 3.05) is 6.54 Å². The predicted octanol–water partition coefficient (Wildman–Crippen LogP) is 2.96. The van der Waals surface area contributed by atoms with Crippen LogP contribution in [0, 0.1) is 0 Å². The van der Waals surface area contributed by atoms with Gasteiger partial charge in [-0.2, -0.15) is 0 Å². The van der Waals surface area contributed by atoms with Gasteiger partial charge in [0.2, 0.25) is 5.88 Å². The molecular weight excluding hydrogens is 288 g/mol. The molecular formula is C15H15ClN4O. The molecule has 3 aromatic rings. The Kier molecular flexibility index (Phi) is 3.16. The number of halogens is 1. The number of imidazole rings is 1. The number of rotatable bonds is 3. The van der Waals surface area contributed by atoms with Crippen LogP contribution in [0.2, 0.25) is 5.22 Å². The summed E-state index contributed by atoms with van der Waals surface area (Å²) in [5.41, 5.74) is 1.68. The van der Waals surface area contributed by atoms with Crippen molar-refractivity contribution < 1.29 is 4.42 Å². The Labute approximate surface area is 126 Å². The Hall–Kier alpha value is -1.85. The van der Waals surface area contributed by atoms with E-state index >= 15 is 0 Å². The highest BCUT2D eigenvalue weighted by atomic mass is 35.5. The summed E-state index contributed by atoms with van der Waals surface area (Å²) in [6, 6.07) is 7.92. The van der Waals surface area contributed by atoms with E-state index in [0.717, 1.165) is 30.0 Å². The molecule has 0 aliphatic carbocycles. The molecule has 0 amide bonds. The van der Waals surface area contributed by atoms with E-state index in [1.807, 2.05) is 22.8 Å². The zero-order valence-corrected chi connectivity index (χ0v) is 12.2. The summed E-state index contributed by atoms with van der Waals surface area (Å²) in [4.78, 5) is 9.16. The van der Waals surface area contributed by atoms with Gasteiger partial charge in [-0.3, -0.25) is 0 Å². The van der Waals surface area contributed by atoms with Crippen molar-refractivity contribution in [2.45, 2.75) is 25.3 Å². The number of hydrogen-bond acceptors (Lipinski definition) is 4. The highest BCUT2D eigenvalue weighted by Crippen LogP contribution is 2.25. The van der Waals surface area contributed by atoms with E-state index in [0.29, 0.717) is 17.1 Å². The van der Waals surface area contributed by atoms with Crippen LogP contribution < -0.4 is 5.32 Å². The largest absolute Gasteiger partial charge is 0.428 e. The minimum atomic E-state index is 0.368. The fraction of sp³-hybridized carbons (Fsp3) is 0.333. The molecule has 4 rings (SSSR count). The molecule has 1 aliphatic rings. The van der Waals surface area contributed by atoms with Crippen LogP contribution in [-0.2, 0) is 6.42 Å². The summed E-state index contributed by atoms with van der Waals surface area (Å²) in [7, 11) is 0. The summed E-state index contributed by atoms with van der Waals surface area (Å²) in [5.74, 6) is 1.61. The number of nitrogens with one attached hydrogen (secondary N) is 1. The van der Waals surface area contributed by atoms with Crippen LogP contribution in [0.5, 0.6) is 0 Å². The van der Waals surface area contributed by atoms with Gasteiger partial charge in [0.15, 0.2) is 10.9 Å². The molecule has 1 N–H and O–H groups in total. The molecule has 108 valence electrons. The highest BCUT2D eigenvalue weighted by Gasteiger charge is 2.21. The van der Waals surface area contributed by atoms with E-state index in [4.69, 9.17) is 21.0 Å². The average Bonchev–Trinajstić information content (AvgIpc) is 3.18. The predicted molar refractivity (Wildman–Crippen MR) is 80.9 cm³/mol. The van der Waals surface area contributed by atoms with E-state index in [9.17, 15) is 0 Å². The van der Waals surface area contributed by atoms with Crippen LogP contribution >= 0.6 is 11.6 Å². The van der Waals surface area contributed by atoms with Gasteiger partial charge in [-0.25, -0.2) is 14.5 Å². The van der Waals surface area contributed by atoms with E-state index in [1.54, 1.807) is 12.3 Å². The summed E-state index contributed by atoms with van der Waals surface area (Å²) in [6.07, 6.45) is 5.02. The minimum Gasteiger partial charge on any atom is -0.428 e. The van der Waals surface area contributed by atoms with E-state index < -0.39 is 0 Å². The number of aromatic nitrogens is 3. The molecule has 0 bridgehead atoms. The number of nitrogens with zero attached hydrogens (tertiary/aromatic N) is 3. The Morgan fingerprint density at radius 3 is 3.10 bits per heavy atom. The second-order valence-electron chi connectivity index (χ2n) is 5.28. The van der Waals surface area contributed by atoms with Gasteiger partial charge in [0.05, 0.1) is 0 Å². The summed E-state index contributed by atoms with van der Waals surface area (Å²) < 4.78 is 7.53. The molecule has 6 heteroatoms. The van der Waals surface area contributed by atoms with Gasteiger partial charge >= 0.3 is 0 Å². The smallest absolute Gasteiger partial charge is 0.208 e. The first-order chi connectivity index (χ1) is 10.3. The Balaban J connectivity index is 1.84. The SMILES string of the molecule is Clc1ccc(-n2c(CC3CCCN3)nc3cccnc32)o1. The molecule has 1 unspecified atom stereocenters. The van der Waals surface area contributed by atoms with Crippen molar-refractivity contribution in [3.05, 3.63) is 41.5 Å². The monoisotopic (exact) mass is 302 g/mol. The van der Waals surface area contributed by atoms with Crippen molar-refractivity contribution in [1.82, 2.24) is 19.9 Å². The van der Waals surface area contributed by atoms with Crippen LogP contribution in [0.1, 0.15) is 18.7 Å². The molecule has 1 fully saturated rings. The van der Waals surface area contributed by atoms with E-state index in [2.05, 4.69) is 10.3 Å². The fourth-order valence-corrected chi connectivity index (χ4v) is 3.05. The van der Waals surface area contributed by atoms with Crippen molar-refractivity contribution in [3.63, 3.8) is 0 Å². The minimum absolute atomic E-state index is 0.368. The summed E-state index contributed by atoms with van der Waals surface area (Å²) >= 11 is 5.92. The maximum absolute atomic E-state index is 5.92. The van der Waals surface area contributed by atoms with Gasteiger partial charge in [-0.1, -0.05) is 0 Å². The average molecular weight is 303 g/mol. The van der Waals surface area contributed by atoms with Gasteiger partial charge < -0.3 is 9.73 Å². The first-order valence-electron chi connectivity index (χ1n) is 7.13. The van der Waals surface area contributed by atoms with E-state index in [1.165, 1.54) is 12.8 Å². The molecule has 1 aliphatic heterocycles. The van der Waals surface area contributed by atoms with Crippen LogP contribution in [-0.4, -0.2) is 27.1 Å². The van der Waals surface area contributed by atoms with Gasteiger partial charge in [0.1, 0.15) is 11.3 Å². The zero-order valence-electron chi connectivity index (χ0n) is 11.4. The van der Waals surface area contributed by atoms with Crippen LogP contribution in [0.25, 0.3) is 17.0 Å². The van der Waals surface area contributed by atoms with Gasteiger partial charge in [-0.15, -0.1) is 0 Å². The first kappa shape index (κ1) is 12.9. The zero-order chi connectivity index (χ0) is 14.2. The fourth-order valence-electron chi connectivity index (χ4n) is 2.90. The summed E-state index contributed by atoms with van der Waals surface area (Å²) in [5, 5.41) is 3.87. The van der Waals surface area contributed by atoms with Crippen molar-refractivity contribution in [2.24, 2.45) is 0 Å². The molecule has 1 atom stereocenters. The molecule has 0 spiro atoms. The summed E-state index contributed by atoms with van der Waals surface area (Å²) in [6.45, 7) is 1.08. The van der Waals surface area contributed by atoms with Crippen LogP contribution in [0.15, 0.2) is 34.9 Å². The molecule has 5 nitrogen and oxygen atoms in total. The Morgan fingerprint density at radius 2 is 2.33 bits per heavy atom. The molecule has 21 heavy (non-hydrogen) atoms. The lowest BCUT2D eigenvalue weighted by Gasteiger charge is -2.10. The Bertz CT molecular complexity index is 773. The molecule has 1 saturated heterocycles. The van der Waals surface area contributed by atoms with Crippen molar-refractivity contribution in [3.8, 4) is 5.88 Å². The molecule has 0 radical (unpaired) electrons. The normalized spacial score (nSPS) is 18.6. The third-order valence-corrected chi connectivity index (χ3v) is 4.06. The highest BCUT2D eigenvalue weighted by molar-refractivity contribution is 6.28. The molecule has 4 heterocycles. The van der Waals surface area contributed by atoms with Gasteiger partial charge in [-0.05, 0) is 49.2 Å². The second kappa shape index (κ2) is 5.16. The maximum Gasteiger partial charge on any atom is 0.208 e. The molecule has 3 aromatic heterocycles. The van der Waals surface area contributed by atoms with Gasteiger partial charge in [0, 0.05) is 24.7 Å². The molecule has 0 aromatic carbocycles. The third-order valence-electron chi connectivity index (χ3n) is 3.86. The molecule has 0 saturated carbocycles. The number of fused-ring (bicyclic) bond motifs is 1. The van der Waals surface area contributed by atoms with Crippen molar-refractivity contribution >= 4 is 22.8 Å². The quantitative estimate of drug-likeness (QED) is 0.808. The standard InChI is InChI=1S/C15H15ClN4O/c16-12-5-6-14(21-12)20-13(9-10-3-1-7-17-10)19-11-4-2-8-18-15(11)20/h2,4-6,8,10,17H,1,3,7,9H2. The lowest BCUT2D eigenvalue weighted by molar-refractivity contribution is 0.524. The van der Waals surface area contributed by atoms with E-state index in [-0.39, 0.29) is 0 Å².